The second-order valence-electron chi connectivity index (χ2n) is 31.7. The number of nitrogens with zero attached hydrogens (tertiary/aromatic N) is 2. The third-order valence-electron chi connectivity index (χ3n) is 21.6. The Morgan fingerprint density at radius 1 is 0.512 bits per heavy atom. The molecular weight excluding hydrogens is 1710 g/mol. The number of primary sulfonamides is 1. The third-order valence-corrected chi connectivity index (χ3v) is 25.8. The number of para-hydroxylation sites is 2. The van der Waals surface area contributed by atoms with Gasteiger partial charge < -0.3 is 77.7 Å². The molecule has 0 atom stereocenters. The summed E-state index contributed by atoms with van der Waals surface area (Å²) in [5.74, 6) is -7.38. The highest BCUT2D eigenvalue weighted by atomic mass is 32.2. The van der Waals surface area contributed by atoms with Gasteiger partial charge in [-0.15, -0.1) is 0 Å². The van der Waals surface area contributed by atoms with Crippen LogP contribution in [0.1, 0.15) is 147 Å². The van der Waals surface area contributed by atoms with E-state index in [1.165, 1.54) is 0 Å². The number of aryl methyl sites for hydroxylation is 1. The van der Waals surface area contributed by atoms with Crippen molar-refractivity contribution in [1.82, 2.24) is 10.6 Å². The SMILES string of the molecule is CC1(C)C(/C=C/C2=C(Oc3ccc(CCC(=O)NCCOCCOCCOCCOCCOCCOCCOCCOCCOCCOCCOCCNC(=O)CCS(=O)(=O)c4c(F)c(F)c(S(N)(=O)=O)c(F)c4NC4CCCCCCC4)cc3)C(=C/C=C3\N(CCCCS(=O)(=O)O)c4ccccc4C3(C)C)/CCC2)=[N+](CCCCS(=O)(=O)O)c2ccccc21. The Bertz CT molecular complexity index is 4720. The summed E-state index contributed by atoms with van der Waals surface area (Å²) in [5.41, 5.74) is 7.67. The van der Waals surface area contributed by atoms with E-state index in [1.807, 2.05) is 48.5 Å². The topological polar surface area (TPSA) is 390 Å². The van der Waals surface area contributed by atoms with Crippen LogP contribution in [0, 0.1) is 17.5 Å². The molecule has 0 bridgehead atoms. The van der Waals surface area contributed by atoms with Gasteiger partial charge in [-0.3, -0.25) is 18.7 Å². The van der Waals surface area contributed by atoms with Gasteiger partial charge in [0.05, 0.1) is 174 Å². The quantitative estimate of drug-likeness (QED) is 0.0103. The summed E-state index contributed by atoms with van der Waals surface area (Å²) in [6, 6.07) is 23.7. The normalized spacial score (nSPS) is 16.5. The van der Waals surface area contributed by atoms with Gasteiger partial charge in [-0.25, -0.2) is 35.1 Å². The number of anilines is 2. The van der Waals surface area contributed by atoms with E-state index in [-0.39, 0.29) is 56.8 Å². The number of amides is 2. The Morgan fingerprint density at radius 2 is 0.976 bits per heavy atom. The molecule has 2 heterocycles. The number of sulfonamides is 1. The summed E-state index contributed by atoms with van der Waals surface area (Å²) in [6.07, 6.45) is 17.7. The molecule has 0 unspecified atom stereocenters. The molecule has 37 heteroatoms. The molecule has 2 aliphatic heterocycles. The van der Waals surface area contributed by atoms with Crippen molar-refractivity contribution in [1.29, 1.82) is 0 Å². The standard InChI is InChI=1S/C88H127F3N6O24S4/c1-87(2)72-23-10-12-25-74(72)96(40-14-16-64-123(102,103)104)76(87)34-30-68-19-18-20-69(31-35-77-88(3,4)73-24-11-13-26-75(73)97(77)41-15-17-65-124(105,106)107)84(68)121-71-32-27-67(28-33-71)29-36-78(98)93-38-42-110-44-46-112-48-50-114-52-54-116-56-58-118-60-62-120-63-61-119-59-57-117-55-53-115-51-49-113-47-45-111-43-39-94-79(99)37-66-122(100,101)86-81(90)80(89)85(125(92,108)109)82(91)83(86)95-70-21-8-6-5-7-9-22-70/h10-13,23-28,30-35,70,95H,5-9,14-22,29,36-66H2,1-4H3,(H5-,92,93,94,98,99,102,103,104,105,106,107,108,109)/p+1. The number of hydrogen-bond donors (Lipinski definition) is 6. The summed E-state index contributed by atoms with van der Waals surface area (Å²) in [6.45, 7) is 17.8. The number of rotatable bonds is 61. The fourth-order valence-electron chi connectivity index (χ4n) is 15.1. The molecule has 1 fully saturated rings. The van der Waals surface area contributed by atoms with Crippen molar-refractivity contribution < 1.29 is 127 Å². The molecule has 4 aliphatic rings. The number of fused-ring (bicyclic) bond motifs is 2. The van der Waals surface area contributed by atoms with Crippen LogP contribution in [-0.2, 0) is 119 Å². The average molecular weight is 1840 g/mol. The van der Waals surface area contributed by atoms with E-state index in [0.29, 0.717) is 202 Å². The number of hydrogen-bond acceptors (Lipinski definition) is 24. The van der Waals surface area contributed by atoms with Crippen molar-refractivity contribution in [2.24, 2.45) is 5.14 Å². The van der Waals surface area contributed by atoms with Gasteiger partial charge >= 0.3 is 0 Å². The molecule has 2 amide bonds. The van der Waals surface area contributed by atoms with Crippen molar-refractivity contribution in [3.8, 4) is 5.75 Å². The fourth-order valence-corrected chi connectivity index (χ4v) is 18.4. The van der Waals surface area contributed by atoms with Gasteiger partial charge in [0.1, 0.15) is 22.9 Å². The van der Waals surface area contributed by atoms with Gasteiger partial charge in [-0.1, -0.05) is 101 Å². The lowest BCUT2D eigenvalue weighted by Crippen LogP contribution is -2.30. The Balaban J connectivity index is 0.606. The van der Waals surface area contributed by atoms with Crippen molar-refractivity contribution in [3.63, 3.8) is 0 Å². The van der Waals surface area contributed by atoms with E-state index in [1.54, 1.807) is 0 Å². The van der Waals surface area contributed by atoms with Gasteiger partial charge in [-0.2, -0.15) is 21.4 Å². The largest absolute Gasteiger partial charge is 0.457 e. The number of sulfone groups is 1. The van der Waals surface area contributed by atoms with Gasteiger partial charge in [-0.05, 0) is 124 Å². The second kappa shape index (κ2) is 53.1. The first-order valence-corrected chi connectivity index (χ1v) is 49.5. The Morgan fingerprint density at radius 3 is 1.49 bits per heavy atom. The smallest absolute Gasteiger partial charge is 0.264 e. The van der Waals surface area contributed by atoms with E-state index >= 15 is 8.78 Å². The minimum Gasteiger partial charge on any atom is -0.457 e. The number of carbonyl (C=O) groups is 2. The van der Waals surface area contributed by atoms with Crippen LogP contribution >= 0.6 is 0 Å². The number of nitrogens with one attached hydrogen (secondary N) is 3. The molecule has 125 heavy (non-hydrogen) atoms. The van der Waals surface area contributed by atoms with Crippen LogP contribution in [0.5, 0.6) is 5.75 Å². The summed E-state index contributed by atoms with van der Waals surface area (Å²) in [7, 11) is -18.2. The maximum absolute atomic E-state index is 15.7. The van der Waals surface area contributed by atoms with Crippen LogP contribution in [-0.4, -0.2) is 260 Å². The molecule has 8 rings (SSSR count). The number of carbonyl (C=O) groups excluding carboxylic acids is 2. The molecule has 698 valence electrons. The monoisotopic (exact) mass is 1840 g/mol. The van der Waals surface area contributed by atoms with Crippen LogP contribution in [0.15, 0.2) is 129 Å². The minimum absolute atomic E-state index is 0.0116. The molecular formula is C88H128F3N6O24S4+. The van der Waals surface area contributed by atoms with Crippen molar-refractivity contribution in [2.45, 2.75) is 164 Å². The molecule has 1 saturated carbocycles. The molecule has 0 aromatic heterocycles. The van der Waals surface area contributed by atoms with E-state index in [4.69, 9.17) is 62.0 Å². The number of allylic oxidation sites excluding steroid dienone is 7. The molecule has 4 aromatic rings. The first kappa shape index (κ1) is 103. The van der Waals surface area contributed by atoms with Crippen LogP contribution in [0.25, 0.3) is 0 Å². The Kier molecular flexibility index (Phi) is 43.9. The van der Waals surface area contributed by atoms with E-state index < -0.39 is 108 Å². The van der Waals surface area contributed by atoms with E-state index in [0.717, 1.165) is 94.9 Å². The van der Waals surface area contributed by atoms with Gasteiger partial charge in [0.25, 0.3) is 20.2 Å². The molecule has 4 aromatic carbocycles. The summed E-state index contributed by atoms with van der Waals surface area (Å²) >= 11 is 0. The summed E-state index contributed by atoms with van der Waals surface area (Å²) < 4.78 is 233. The number of halogens is 3. The predicted octanol–water partition coefficient (Wildman–Crippen LogP) is 10.9. The maximum Gasteiger partial charge on any atom is 0.264 e. The van der Waals surface area contributed by atoms with Crippen LogP contribution < -0.4 is 30.7 Å². The highest BCUT2D eigenvalue weighted by Crippen LogP contribution is 2.49. The van der Waals surface area contributed by atoms with Crippen LogP contribution in [0.3, 0.4) is 0 Å². The number of unbranched alkanes of at least 4 members (excludes halogenated alkanes) is 2. The minimum atomic E-state index is -5.14. The lowest BCUT2D eigenvalue weighted by Gasteiger charge is -2.27. The number of benzene rings is 4. The van der Waals surface area contributed by atoms with E-state index in [2.05, 4.69) is 102 Å². The lowest BCUT2D eigenvalue weighted by atomic mass is 9.81. The number of ether oxygens (including phenoxy) is 12. The second-order valence-corrected chi connectivity index (χ2v) is 38.4. The zero-order valence-corrected chi connectivity index (χ0v) is 75.7. The lowest BCUT2D eigenvalue weighted by molar-refractivity contribution is -0.438. The van der Waals surface area contributed by atoms with Gasteiger partial charge in [0.15, 0.2) is 37.9 Å². The summed E-state index contributed by atoms with van der Waals surface area (Å²) in [4.78, 5) is 24.5. The first-order valence-electron chi connectivity index (χ1n) is 43.1. The van der Waals surface area contributed by atoms with Crippen molar-refractivity contribution >= 4 is 74.7 Å². The van der Waals surface area contributed by atoms with Crippen LogP contribution in [0.4, 0.5) is 30.2 Å². The third kappa shape index (κ3) is 35.0. The van der Waals surface area contributed by atoms with Gasteiger partial charge in [0.2, 0.25) is 27.5 Å². The Hall–Kier alpha value is -7.12. The number of nitrogens with two attached hydrogens (primary N) is 1. The Labute approximate surface area is 735 Å². The summed E-state index contributed by atoms with van der Waals surface area (Å²) in [5, 5.41) is 13.0. The van der Waals surface area contributed by atoms with E-state index in [9.17, 15) is 56.8 Å². The van der Waals surface area contributed by atoms with Gasteiger partial charge in [0, 0.05) is 79.4 Å². The predicted molar refractivity (Wildman–Crippen MR) is 468 cm³/mol. The highest BCUT2D eigenvalue weighted by molar-refractivity contribution is 7.91. The molecule has 0 saturated heterocycles. The van der Waals surface area contributed by atoms with Crippen molar-refractivity contribution in [2.75, 3.05) is 199 Å². The molecule has 30 nitrogen and oxygen atoms in total. The van der Waals surface area contributed by atoms with Crippen molar-refractivity contribution in [3.05, 3.63) is 154 Å². The molecule has 2 aliphatic carbocycles. The molecule has 0 radical (unpaired) electrons. The first-order chi connectivity index (χ1) is 59.9. The maximum atomic E-state index is 15.7. The zero-order valence-electron chi connectivity index (χ0n) is 72.5. The highest BCUT2D eigenvalue weighted by Gasteiger charge is 2.45. The molecule has 0 spiro atoms. The zero-order chi connectivity index (χ0) is 90.1. The fraction of sp³-hybridized carbons (Fsp3) is 0.602. The molecule has 7 N–H and O–H groups in total. The average Bonchev–Trinajstić information content (AvgIpc) is 1.62. The van der Waals surface area contributed by atoms with Crippen LogP contribution in [0.2, 0.25) is 0 Å².